The molecule has 0 aromatic carbocycles. The Morgan fingerprint density at radius 1 is 1.14 bits per heavy atom. The largest absolute Gasteiger partial charge is 0.390 e. The zero-order valence-electron chi connectivity index (χ0n) is 9.34. The second-order valence-electron chi connectivity index (χ2n) is 4.68. The molecule has 1 aliphatic carbocycles. The average molecular weight is 200 g/mol. The van der Waals surface area contributed by atoms with E-state index in [4.69, 9.17) is 0 Å². The molecular weight excluding hydrogens is 176 g/mol. The first kappa shape index (κ1) is 12.0. The maximum atomic E-state index is 10.3. The third kappa shape index (κ3) is 3.25. The highest BCUT2D eigenvalue weighted by atomic mass is 16.3. The molecule has 0 aromatic heterocycles. The molecule has 1 saturated carbocycles. The van der Waals surface area contributed by atoms with Crippen molar-refractivity contribution in [3.05, 3.63) is 0 Å². The van der Waals surface area contributed by atoms with E-state index in [0.29, 0.717) is 0 Å². The molecule has 0 amide bonds. The van der Waals surface area contributed by atoms with Crippen LogP contribution >= 0.6 is 0 Å². The van der Waals surface area contributed by atoms with Gasteiger partial charge in [-0.15, -0.1) is 0 Å². The van der Waals surface area contributed by atoms with Gasteiger partial charge in [0.1, 0.15) is 0 Å². The Kier molecular flexibility index (Phi) is 4.90. The molecule has 0 heterocycles. The van der Waals surface area contributed by atoms with Crippen molar-refractivity contribution >= 4 is 0 Å². The lowest BCUT2D eigenvalue weighted by Crippen LogP contribution is -2.41. The van der Waals surface area contributed by atoms with Crippen molar-refractivity contribution in [1.29, 1.82) is 0 Å². The molecule has 2 N–H and O–H groups in total. The van der Waals surface area contributed by atoms with E-state index in [-0.39, 0.29) is 0 Å². The van der Waals surface area contributed by atoms with E-state index in [0.717, 1.165) is 44.9 Å². The van der Waals surface area contributed by atoms with Crippen molar-refractivity contribution in [2.75, 3.05) is 0 Å². The highest BCUT2D eigenvalue weighted by Gasteiger charge is 2.34. The molecule has 0 radical (unpaired) electrons. The van der Waals surface area contributed by atoms with Gasteiger partial charge >= 0.3 is 0 Å². The van der Waals surface area contributed by atoms with Crippen LogP contribution in [0.2, 0.25) is 0 Å². The molecule has 14 heavy (non-hydrogen) atoms. The lowest BCUT2D eigenvalue weighted by atomic mass is 9.86. The number of aliphatic hydroxyl groups excluding tert-OH is 1. The van der Waals surface area contributed by atoms with Crippen LogP contribution in [-0.4, -0.2) is 21.9 Å². The van der Waals surface area contributed by atoms with Crippen LogP contribution in [0.3, 0.4) is 0 Å². The highest BCUT2D eigenvalue weighted by molar-refractivity contribution is 4.87. The smallest absolute Gasteiger partial charge is 0.0905 e. The minimum atomic E-state index is -0.772. The maximum absolute atomic E-state index is 10.3. The van der Waals surface area contributed by atoms with Crippen molar-refractivity contribution in [1.82, 2.24) is 0 Å². The molecule has 1 aliphatic rings. The number of unbranched alkanes of at least 4 members (excludes halogenated alkanes) is 1. The van der Waals surface area contributed by atoms with Crippen LogP contribution in [0.15, 0.2) is 0 Å². The summed E-state index contributed by atoms with van der Waals surface area (Å²) in [5.74, 6) is 0. The van der Waals surface area contributed by atoms with Crippen LogP contribution in [0.4, 0.5) is 0 Å². The van der Waals surface area contributed by atoms with Crippen LogP contribution in [0.1, 0.15) is 64.7 Å². The van der Waals surface area contributed by atoms with Crippen molar-refractivity contribution in [2.24, 2.45) is 0 Å². The van der Waals surface area contributed by atoms with Crippen molar-refractivity contribution < 1.29 is 10.2 Å². The molecule has 0 aliphatic heterocycles. The van der Waals surface area contributed by atoms with Gasteiger partial charge in [-0.2, -0.15) is 0 Å². The van der Waals surface area contributed by atoms with Gasteiger partial charge in [-0.05, 0) is 19.3 Å². The molecule has 2 nitrogen and oxygen atoms in total. The molecular formula is C12H24O2. The Labute approximate surface area is 87.3 Å². The summed E-state index contributed by atoms with van der Waals surface area (Å²) in [4.78, 5) is 0. The zero-order valence-corrected chi connectivity index (χ0v) is 9.34. The summed E-state index contributed by atoms with van der Waals surface area (Å²) in [5, 5.41) is 20.2. The SMILES string of the molecule is CCCCC(O)C1(O)CCCCCC1. The molecule has 0 aromatic rings. The van der Waals surface area contributed by atoms with E-state index in [2.05, 4.69) is 6.92 Å². The van der Waals surface area contributed by atoms with E-state index in [1.807, 2.05) is 0 Å². The van der Waals surface area contributed by atoms with Crippen LogP contribution in [-0.2, 0) is 0 Å². The van der Waals surface area contributed by atoms with Gasteiger partial charge in [0.05, 0.1) is 11.7 Å². The fourth-order valence-corrected chi connectivity index (χ4v) is 2.34. The summed E-state index contributed by atoms with van der Waals surface area (Å²) in [6.07, 6.45) is 8.50. The standard InChI is InChI=1S/C12H24O2/c1-2-3-8-11(13)12(14)9-6-4-5-7-10-12/h11,13-14H,2-10H2,1H3. The second kappa shape index (κ2) is 5.72. The molecule has 0 saturated heterocycles. The number of aliphatic hydroxyl groups is 2. The Balaban J connectivity index is 2.43. The predicted octanol–water partition coefficient (Wildman–Crippen LogP) is 2.62. The Morgan fingerprint density at radius 2 is 1.71 bits per heavy atom. The first-order valence-electron chi connectivity index (χ1n) is 6.09. The maximum Gasteiger partial charge on any atom is 0.0905 e. The van der Waals surface area contributed by atoms with E-state index in [1.54, 1.807) is 0 Å². The fourth-order valence-electron chi connectivity index (χ4n) is 2.34. The minimum absolute atomic E-state index is 0.499. The number of hydrogen-bond donors (Lipinski definition) is 2. The summed E-state index contributed by atoms with van der Waals surface area (Å²) in [5.41, 5.74) is -0.772. The molecule has 2 heteroatoms. The number of hydrogen-bond acceptors (Lipinski definition) is 2. The summed E-state index contributed by atoms with van der Waals surface area (Å²) in [6, 6.07) is 0. The van der Waals surface area contributed by atoms with E-state index >= 15 is 0 Å². The normalized spacial score (nSPS) is 24.2. The molecule has 1 fully saturated rings. The van der Waals surface area contributed by atoms with Gasteiger partial charge in [0.25, 0.3) is 0 Å². The second-order valence-corrected chi connectivity index (χ2v) is 4.68. The van der Waals surface area contributed by atoms with E-state index in [9.17, 15) is 10.2 Å². The molecule has 84 valence electrons. The third-order valence-electron chi connectivity index (χ3n) is 3.42. The lowest BCUT2D eigenvalue weighted by Gasteiger charge is -2.32. The highest BCUT2D eigenvalue weighted by Crippen LogP contribution is 2.31. The average Bonchev–Trinajstić information content (AvgIpc) is 2.40. The summed E-state index contributed by atoms with van der Waals surface area (Å²) in [6.45, 7) is 2.11. The van der Waals surface area contributed by atoms with Crippen LogP contribution < -0.4 is 0 Å². The van der Waals surface area contributed by atoms with Gasteiger partial charge in [0.15, 0.2) is 0 Å². The zero-order chi connectivity index (χ0) is 10.4. The van der Waals surface area contributed by atoms with Gasteiger partial charge in [-0.3, -0.25) is 0 Å². The Morgan fingerprint density at radius 3 is 2.21 bits per heavy atom. The quantitative estimate of drug-likeness (QED) is 0.685. The summed E-state index contributed by atoms with van der Waals surface area (Å²) in [7, 11) is 0. The third-order valence-corrected chi connectivity index (χ3v) is 3.42. The minimum Gasteiger partial charge on any atom is -0.390 e. The first-order chi connectivity index (χ1) is 6.69. The summed E-state index contributed by atoms with van der Waals surface area (Å²) < 4.78 is 0. The van der Waals surface area contributed by atoms with Crippen molar-refractivity contribution in [2.45, 2.75) is 76.4 Å². The topological polar surface area (TPSA) is 40.5 Å². The summed E-state index contributed by atoms with van der Waals surface area (Å²) >= 11 is 0. The van der Waals surface area contributed by atoms with Crippen molar-refractivity contribution in [3.63, 3.8) is 0 Å². The predicted molar refractivity (Wildman–Crippen MR) is 58.2 cm³/mol. The Hall–Kier alpha value is -0.0800. The molecule has 0 spiro atoms. The van der Waals surface area contributed by atoms with Gasteiger partial charge in [0.2, 0.25) is 0 Å². The molecule has 0 bridgehead atoms. The molecule has 1 atom stereocenters. The fraction of sp³-hybridized carbons (Fsp3) is 1.00. The van der Waals surface area contributed by atoms with Crippen LogP contribution in [0, 0.1) is 0 Å². The van der Waals surface area contributed by atoms with Crippen LogP contribution in [0.5, 0.6) is 0 Å². The monoisotopic (exact) mass is 200 g/mol. The van der Waals surface area contributed by atoms with E-state index in [1.165, 1.54) is 12.8 Å². The molecule has 1 unspecified atom stereocenters. The first-order valence-corrected chi connectivity index (χ1v) is 6.09. The number of rotatable bonds is 4. The van der Waals surface area contributed by atoms with Crippen LogP contribution in [0.25, 0.3) is 0 Å². The van der Waals surface area contributed by atoms with Gasteiger partial charge in [0, 0.05) is 0 Å². The molecule has 1 rings (SSSR count). The Bertz CT molecular complexity index is 148. The van der Waals surface area contributed by atoms with Gasteiger partial charge < -0.3 is 10.2 Å². The lowest BCUT2D eigenvalue weighted by molar-refractivity contribution is -0.0879. The van der Waals surface area contributed by atoms with Gasteiger partial charge in [-0.25, -0.2) is 0 Å². The van der Waals surface area contributed by atoms with Crippen molar-refractivity contribution in [3.8, 4) is 0 Å². The van der Waals surface area contributed by atoms with Gasteiger partial charge in [-0.1, -0.05) is 45.4 Å². The van der Waals surface area contributed by atoms with E-state index < -0.39 is 11.7 Å².